The molecule has 5 N–H and O–H groups in total. The van der Waals surface area contributed by atoms with Gasteiger partial charge in [-0.25, -0.2) is 4.99 Å². The molecule has 0 saturated heterocycles. The van der Waals surface area contributed by atoms with E-state index in [1.54, 1.807) is 19.4 Å². The molecule has 0 aliphatic heterocycles. The number of aryl methyl sites for hydroxylation is 1. The number of benzene rings is 1. The van der Waals surface area contributed by atoms with Gasteiger partial charge in [0, 0.05) is 42.7 Å². The maximum absolute atomic E-state index is 6.20. The molecule has 8 heteroatoms. The molecule has 0 saturated carbocycles. The highest BCUT2D eigenvalue weighted by Crippen LogP contribution is 2.35. The smallest absolute Gasteiger partial charge is 0.192 e. The summed E-state index contributed by atoms with van der Waals surface area (Å²) in [6.07, 6.45) is 4.19. The van der Waals surface area contributed by atoms with E-state index in [2.05, 4.69) is 20.3 Å². The van der Waals surface area contributed by atoms with Crippen molar-refractivity contribution in [2.45, 2.75) is 13.3 Å². The Morgan fingerprint density at radius 3 is 2.60 bits per heavy atom. The van der Waals surface area contributed by atoms with Gasteiger partial charge in [-0.2, -0.15) is 0 Å². The second kappa shape index (κ2) is 9.80. The lowest BCUT2D eigenvalue weighted by atomic mass is 10.0. The van der Waals surface area contributed by atoms with Crippen molar-refractivity contribution in [2.24, 2.45) is 16.5 Å². The van der Waals surface area contributed by atoms with Gasteiger partial charge in [0.2, 0.25) is 0 Å². The molecular weight excluding hydrogens is 396 g/mol. The Morgan fingerprint density at radius 1 is 1.13 bits per heavy atom. The molecule has 0 atom stereocenters. The van der Waals surface area contributed by atoms with Gasteiger partial charge in [-0.3, -0.25) is 9.97 Å². The van der Waals surface area contributed by atoms with E-state index in [0.29, 0.717) is 30.0 Å². The predicted octanol–water partition coefficient (Wildman–Crippen LogP) is 3.06. The van der Waals surface area contributed by atoms with Crippen LogP contribution in [0.4, 0.5) is 5.69 Å². The van der Waals surface area contributed by atoms with E-state index in [0.717, 1.165) is 22.5 Å². The highest BCUT2D eigenvalue weighted by Gasteiger charge is 2.17. The number of amidine groups is 1. The number of rotatable bonds is 7. The Bertz CT molecular complexity index is 1070. The van der Waals surface area contributed by atoms with Crippen molar-refractivity contribution in [3.8, 4) is 17.0 Å². The van der Waals surface area contributed by atoms with Gasteiger partial charge in [0.05, 0.1) is 18.0 Å². The number of nitrogens with zero attached hydrogens (tertiary/aromatic N) is 3. The van der Waals surface area contributed by atoms with E-state index in [9.17, 15) is 0 Å². The number of ether oxygens (including phenoxy) is 1. The summed E-state index contributed by atoms with van der Waals surface area (Å²) in [4.78, 5) is 12.9. The van der Waals surface area contributed by atoms with Crippen LogP contribution in [0.3, 0.4) is 0 Å². The summed E-state index contributed by atoms with van der Waals surface area (Å²) in [5.41, 5.74) is 16.8. The molecule has 154 valence electrons. The zero-order valence-corrected chi connectivity index (χ0v) is 17.7. The molecule has 0 amide bonds. The van der Waals surface area contributed by atoms with Crippen LogP contribution in [0.2, 0.25) is 0 Å². The average molecular weight is 421 g/mol. The summed E-state index contributed by atoms with van der Waals surface area (Å²) < 4.78 is 6.12. The number of pyridine rings is 2. The van der Waals surface area contributed by atoms with E-state index in [-0.39, 0.29) is 10.9 Å². The summed E-state index contributed by atoms with van der Waals surface area (Å²) in [7, 11) is 1.80. The first kappa shape index (κ1) is 21.2. The highest BCUT2D eigenvalue weighted by atomic mass is 32.1. The second-order valence-electron chi connectivity index (χ2n) is 6.57. The maximum Gasteiger partial charge on any atom is 0.192 e. The fourth-order valence-corrected chi connectivity index (χ4v) is 3.20. The first-order chi connectivity index (χ1) is 14.5. The Labute approximate surface area is 181 Å². The summed E-state index contributed by atoms with van der Waals surface area (Å²) in [6.45, 7) is 2.45. The standard InChI is InChI=1S/C22H24N6OS/c1-14-6-5-10-27-19(14)15-12-17(21(23)28-22(24)30)20(25-2)18(13-15)29-11-8-16-7-3-4-9-26-16/h3-7,9-10,12-13,25H,8,11H2,1-2H3,(H4,23,24,28,30). The lowest BCUT2D eigenvalue weighted by Gasteiger charge is -2.18. The van der Waals surface area contributed by atoms with Crippen LogP contribution in [0, 0.1) is 6.92 Å². The molecule has 0 aliphatic rings. The summed E-state index contributed by atoms with van der Waals surface area (Å²) in [5, 5.41) is 3.12. The Morgan fingerprint density at radius 2 is 1.93 bits per heavy atom. The minimum atomic E-state index is -0.0356. The van der Waals surface area contributed by atoms with Gasteiger partial charge in [-0.15, -0.1) is 0 Å². The van der Waals surface area contributed by atoms with Gasteiger partial charge >= 0.3 is 0 Å². The van der Waals surface area contributed by atoms with Crippen molar-refractivity contribution in [2.75, 3.05) is 19.0 Å². The van der Waals surface area contributed by atoms with Crippen molar-refractivity contribution >= 4 is 28.9 Å². The zero-order chi connectivity index (χ0) is 21.5. The van der Waals surface area contributed by atoms with Crippen LogP contribution in [0.15, 0.2) is 59.9 Å². The van der Waals surface area contributed by atoms with Crippen LogP contribution >= 0.6 is 12.2 Å². The molecule has 2 heterocycles. The molecular formula is C22H24N6OS. The van der Waals surface area contributed by atoms with Gasteiger partial charge < -0.3 is 21.5 Å². The van der Waals surface area contributed by atoms with Crippen LogP contribution in [0.1, 0.15) is 16.8 Å². The van der Waals surface area contributed by atoms with Crippen LogP contribution in [0.25, 0.3) is 11.3 Å². The average Bonchev–Trinajstić information content (AvgIpc) is 2.74. The molecule has 0 unspecified atom stereocenters. The van der Waals surface area contributed by atoms with Crippen LogP contribution in [-0.4, -0.2) is 34.6 Å². The Hall–Kier alpha value is -3.52. The van der Waals surface area contributed by atoms with Crippen molar-refractivity contribution in [3.05, 3.63) is 71.7 Å². The van der Waals surface area contributed by atoms with E-state index in [1.165, 1.54) is 0 Å². The number of aromatic nitrogens is 2. The molecule has 7 nitrogen and oxygen atoms in total. The third-order valence-electron chi connectivity index (χ3n) is 4.48. The second-order valence-corrected chi connectivity index (χ2v) is 6.99. The van der Waals surface area contributed by atoms with Gasteiger partial charge in [-0.05, 0) is 55.0 Å². The molecule has 1 aromatic carbocycles. The number of thiocarbonyl (C=S) groups is 1. The Balaban J connectivity index is 2.03. The summed E-state index contributed by atoms with van der Waals surface area (Å²) in [5.74, 6) is 0.837. The van der Waals surface area contributed by atoms with Crippen LogP contribution < -0.4 is 21.5 Å². The van der Waals surface area contributed by atoms with E-state index >= 15 is 0 Å². The van der Waals surface area contributed by atoms with Crippen LogP contribution in [-0.2, 0) is 6.42 Å². The number of hydrogen-bond donors (Lipinski definition) is 3. The number of nitrogens with one attached hydrogen (secondary N) is 1. The van der Waals surface area contributed by atoms with E-state index in [1.807, 2.05) is 49.4 Å². The fourth-order valence-electron chi connectivity index (χ4n) is 3.10. The molecule has 0 aliphatic carbocycles. The van der Waals surface area contributed by atoms with Gasteiger partial charge in [0.1, 0.15) is 11.6 Å². The van der Waals surface area contributed by atoms with Gasteiger partial charge in [-0.1, -0.05) is 12.1 Å². The molecule has 3 aromatic rings. The molecule has 30 heavy (non-hydrogen) atoms. The molecule has 2 aromatic heterocycles. The molecule has 3 rings (SSSR count). The minimum Gasteiger partial charge on any atom is -0.491 e. The van der Waals surface area contributed by atoms with Crippen molar-refractivity contribution in [3.63, 3.8) is 0 Å². The van der Waals surface area contributed by atoms with Gasteiger partial charge in [0.15, 0.2) is 5.11 Å². The van der Waals surface area contributed by atoms with Crippen molar-refractivity contribution < 1.29 is 4.74 Å². The monoisotopic (exact) mass is 420 g/mol. The topological polar surface area (TPSA) is 111 Å². The van der Waals surface area contributed by atoms with E-state index < -0.39 is 0 Å². The minimum absolute atomic E-state index is 0.0356. The SMILES string of the molecule is CNc1c(OCCc2ccccn2)cc(-c2ncccc2C)cc1/C(N)=N/C(N)=S. The molecule has 0 radical (unpaired) electrons. The molecule has 0 fully saturated rings. The lowest BCUT2D eigenvalue weighted by Crippen LogP contribution is -2.20. The number of anilines is 1. The largest absolute Gasteiger partial charge is 0.491 e. The number of nitrogens with two attached hydrogens (primary N) is 2. The van der Waals surface area contributed by atoms with Gasteiger partial charge in [0.25, 0.3) is 0 Å². The number of aliphatic imine (C=N–C) groups is 1. The molecule has 0 bridgehead atoms. The first-order valence-electron chi connectivity index (χ1n) is 9.44. The maximum atomic E-state index is 6.20. The first-order valence-corrected chi connectivity index (χ1v) is 9.85. The molecule has 0 spiro atoms. The van der Waals surface area contributed by atoms with Crippen LogP contribution in [0.5, 0.6) is 5.75 Å². The Kier molecular flexibility index (Phi) is 6.92. The summed E-state index contributed by atoms with van der Waals surface area (Å²) in [6, 6.07) is 13.6. The quantitative estimate of drug-likeness (QED) is 0.306. The summed E-state index contributed by atoms with van der Waals surface area (Å²) >= 11 is 4.89. The number of hydrogen-bond acceptors (Lipinski definition) is 5. The van der Waals surface area contributed by atoms with Crippen molar-refractivity contribution in [1.82, 2.24) is 9.97 Å². The zero-order valence-electron chi connectivity index (χ0n) is 16.9. The normalized spacial score (nSPS) is 11.2. The third-order valence-corrected chi connectivity index (χ3v) is 4.57. The lowest BCUT2D eigenvalue weighted by molar-refractivity contribution is 0.322. The fraction of sp³-hybridized carbons (Fsp3) is 0.182. The predicted molar refractivity (Wildman–Crippen MR) is 125 cm³/mol. The third kappa shape index (κ3) is 5.09. The van der Waals surface area contributed by atoms with Crippen molar-refractivity contribution in [1.29, 1.82) is 0 Å². The highest BCUT2D eigenvalue weighted by molar-refractivity contribution is 7.80. The van der Waals surface area contributed by atoms with E-state index in [4.69, 9.17) is 28.4 Å².